The summed E-state index contributed by atoms with van der Waals surface area (Å²) in [5.41, 5.74) is 7.93. The van der Waals surface area contributed by atoms with Gasteiger partial charge in [0.2, 0.25) is 10.0 Å². The predicted molar refractivity (Wildman–Crippen MR) is 83.5 cm³/mol. The Morgan fingerprint density at radius 1 is 1.29 bits per heavy atom. The Kier molecular flexibility index (Phi) is 4.77. The number of aromatic nitrogens is 1. The van der Waals surface area contributed by atoms with Crippen LogP contribution < -0.4 is 15.8 Å². The minimum Gasteiger partial charge on any atom is -0.398 e. The first-order chi connectivity index (χ1) is 10.0. The van der Waals surface area contributed by atoms with E-state index in [2.05, 4.69) is 15.0 Å². The van der Waals surface area contributed by atoms with Crippen molar-refractivity contribution >= 4 is 21.4 Å². The summed E-state index contributed by atoms with van der Waals surface area (Å²) in [6, 6.07) is 8.71. The second-order valence-electron chi connectivity index (χ2n) is 4.50. The van der Waals surface area contributed by atoms with Crippen LogP contribution in [0.3, 0.4) is 0 Å². The average Bonchev–Trinajstić information content (AvgIpc) is 2.48. The van der Waals surface area contributed by atoms with E-state index in [1.165, 1.54) is 13.1 Å². The fourth-order valence-corrected chi connectivity index (χ4v) is 2.75. The van der Waals surface area contributed by atoms with Crippen molar-refractivity contribution in [3.8, 4) is 0 Å². The van der Waals surface area contributed by atoms with Crippen LogP contribution in [0.2, 0.25) is 0 Å². The molecule has 1 heterocycles. The van der Waals surface area contributed by atoms with Crippen LogP contribution in [-0.2, 0) is 16.4 Å². The molecule has 0 saturated heterocycles. The lowest BCUT2D eigenvalue weighted by Gasteiger charge is -2.10. The Labute approximate surface area is 124 Å². The van der Waals surface area contributed by atoms with E-state index in [9.17, 15) is 8.42 Å². The van der Waals surface area contributed by atoms with Gasteiger partial charge in [-0.1, -0.05) is 6.07 Å². The van der Waals surface area contributed by atoms with E-state index >= 15 is 0 Å². The summed E-state index contributed by atoms with van der Waals surface area (Å²) in [6.07, 6.45) is 4.38. The summed E-state index contributed by atoms with van der Waals surface area (Å²) >= 11 is 0. The van der Waals surface area contributed by atoms with Gasteiger partial charge in [-0.05, 0) is 43.3 Å². The zero-order valence-electron chi connectivity index (χ0n) is 11.7. The molecule has 0 unspecified atom stereocenters. The SMILES string of the molecule is CNS(=O)(=O)c1ccc(NCCc2cccnc2)cc1N. The number of rotatable bonds is 6. The first-order valence-corrected chi connectivity index (χ1v) is 7.97. The number of hydrogen-bond acceptors (Lipinski definition) is 5. The Balaban J connectivity index is 2.01. The van der Waals surface area contributed by atoms with Crippen molar-refractivity contribution in [1.29, 1.82) is 0 Å². The Morgan fingerprint density at radius 3 is 2.71 bits per heavy atom. The molecule has 6 nitrogen and oxygen atoms in total. The largest absolute Gasteiger partial charge is 0.398 e. The molecule has 0 bridgehead atoms. The van der Waals surface area contributed by atoms with Crippen LogP contribution in [-0.4, -0.2) is 27.0 Å². The lowest BCUT2D eigenvalue weighted by Crippen LogP contribution is -2.20. The van der Waals surface area contributed by atoms with Crippen molar-refractivity contribution in [2.24, 2.45) is 0 Å². The molecule has 0 aliphatic carbocycles. The van der Waals surface area contributed by atoms with Crippen molar-refractivity contribution in [1.82, 2.24) is 9.71 Å². The highest BCUT2D eigenvalue weighted by Crippen LogP contribution is 2.22. The zero-order valence-corrected chi connectivity index (χ0v) is 12.5. The van der Waals surface area contributed by atoms with E-state index in [0.717, 1.165) is 17.7 Å². The lowest BCUT2D eigenvalue weighted by atomic mass is 10.2. The first kappa shape index (κ1) is 15.3. The van der Waals surface area contributed by atoms with Gasteiger partial charge in [0.25, 0.3) is 0 Å². The molecule has 0 radical (unpaired) electrons. The van der Waals surface area contributed by atoms with E-state index in [0.29, 0.717) is 6.54 Å². The van der Waals surface area contributed by atoms with E-state index in [1.54, 1.807) is 18.3 Å². The average molecular weight is 306 g/mol. The van der Waals surface area contributed by atoms with Crippen LogP contribution in [0.4, 0.5) is 11.4 Å². The van der Waals surface area contributed by atoms with Crippen LogP contribution in [0.25, 0.3) is 0 Å². The molecular weight excluding hydrogens is 288 g/mol. The summed E-state index contributed by atoms with van der Waals surface area (Å²) in [7, 11) is -2.16. The van der Waals surface area contributed by atoms with E-state index in [1.807, 2.05) is 18.3 Å². The van der Waals surface area contributed by atoms with E-state index in [-0.39, 0.29) is 10.6 Å². The highest BCUT2D eigenvalue weighted by molar-refractivity contribution is 7.89. The molecule has 4 N–H and O–H groups in total. The van der Waals surface area contributed by atoms with Gasteiger partial charge in [-0.15, -0.1) is 0 Å². The van der Waals surface area contributed by atoms with Crippen LogP contribution in [0.5, 0.6) is 0 Å². The van der Waals surface area contributed by atoms with Gasteiger partial charge >= 0.3 is 0 Å². The standard InChI is InChI=1S/C14H18N4O2S/c1-16-21(19,20)14-5-4-12(9-13(14)15)18-8-6-11-3-2-7-17-10-11/h2-5,7,9-10,16,18H,6,8,15H2,1H3. The number of hydrogen-bond donors (Lipinski definition) is 3. The maximum absolute atomic E-state index is 11.7. The summed E-state index contributed by atoms with van der Waals surface area (Å²) in [5.74, 6) is 0. The van der Waals surface area contributed by atoms with Crippen LogP contribution >= 0.6 is 0 Å². The number of pyridine rings is 1. The van der Waals surface area contributed by atoms with Gasteiger partial charge in [0.1, 0.15) is 4.90 Å². The highest BCUT2D eigenvalue weighted by atomic mass is 32.2. The molecular formula is C14H18N4O2S. The summed E-state index contributed by atoms with van der Waals surface area (Å²) in [6.45, 7) is 0.712. The van der Waals surface area contributed by atoms with Gasteiger partial charge in [0, 0.05) is 24.6 Å². The number of nitrogens with two attached hydrogens (primary N) is 1. The summed E-state index contributed by atoms with van der Waals surface area (Å²) in [5, 5.41) is 3.21. The first-order valence-electron chi connectivity index (χ1n) is 6.49. The van der Waals surface area contributed by atoms with Gasteiger partial charge in [-0.25, -0.2) is 13.1 Å². The van der Waals surface area contributed by atoms with Gasteiger partial charge < -0.3 is 11.1 Å². The van der Waals surface area contributed by atoms with Crippen molar-refractivity contribution in [2.75, 3.05) is 24.6 Å². The molecule has 1 aromatic heterocycles. The van der Waals surface area contributed by atoms with Crippen molar-refractivity contribution in [3.05, 3.63) is 48.3 Å². The maximum Gasteiger partial charge on any atom is 0.242 e. The molecule has 0 aliphatic heterocycles. The quantitative estimate of drug-likeness (QED) is 0.697. The highest BCUT2D eigenvalue weighted by Gasteiger charge is 2.15. The van der Waals surface area contributed by atoms with Gasteiger partial charge in [-0.3, -0.25) is 4.98 Å². The predicted octanol–water partition coefficient (Wildman–Crippen LogP) is 1.23. The third-order valence-electron chi connectivity index (χ3n) is 3.03. The molecule has 0 atom stereocenters. The van der Waals surface area contributed by atoms with Gasteiger partial charge in [0.05, 0.1) is 5.69 Å². The lowest BCUT2D eigenvalue weighted by molar-refractivity contribution is 0.588. The molecule has 0 spiro atoms. The molecule has 0 amide bonds. The fraction of sp³-hybridized carbons (Fsp3) is 0.214. The number of anilines is 2. The normalized spacial score (nSPS) is 11.3. The number of benzene rings is 1. The minimum absolute atomic E-state index is 0.0859. The monoisotopic (exact) mass is 306 g/mol. The Morgan fingerprint density at radius 2 is 2.10 bits per heavy atom. The third-order valence-corrected chi connectivity index (χ3v) is 4.52. The van der Waals surface area contributed by atoms with Crippen molar-refractivity contribution in [3.63, 3.8) is 0 Å². The van der Waals surface area contributed by atoms with Crippen LogP contribution in [0.15, 0.2) is 47.6 Å². The zero-order chi connectivity index (χ0) is 15.3. The van der Waals surface area contributed by atoms with Crippen LogP contribution in [0.1, 0.15) is 5.56 Å². The van der Waals surface area contributed by atoms with E-state index < -0.39 is 10.0 Å². The van der Waals surface area contributed by atoms with Gasteiger partial charge in [0.15, 0.2) is 0 Å². The third kappa shape index (κ3) is 3.93. The molecule has 0 aliphatic rings. The molecule has 7 heteroatoms. The van der Waals surface area contributed by atoms with E-state index in [4.69, 9.17) is 5.73 Å². The van der Waals surface area contributed by atoms with Crippen LogP contribution in [0, 0.1) is 0 Å². The molecule has 2 rings (SSSR count). The van der Waals surface area contributed by atoms with Crippen molar-refractivity contribution in [2.45, 2.75) is 11.3 Å². The smallest absolute Gasteiger partial charge is 0.242 e. The number of nitrogens with zero attached hydrogens (tertiary/aromatic N) is 1. The second kappa shape index (κ2) is 6.55. The van der Waals surface area contributed by atoms with Gasteiger partial charge in [-0.2, -0.15) is 0 Å². The van der Waals surface area contributed by atoms with Crippen molar-refractivity contribution < 1.29 is 8.42 Å². The molecule has 1 aromatic carbocycles. The molecule has 2 aromatic rings. The molecule has 0 saturated carbocycles. The number of nitrogen functional groups attached to an aromatic ring is 1. The minimum atomic E-state index is -3.52. The Bertz CT molecular complexity index is 702. The number of sulfonamides is 1. The second-order valence-corrected chi connectivity index (χ2v) is 6.35. The molecule has 21 heavy (non-hydrogen) atoms. The maximum atomic E-state index is 11.7. The molecule has 112 valence electrons. The topological polar surface area (TPSA) is 97.1 Å². The number of nitrogens with one attached hydrogen (secondary N) is 2. The summed E-state index contributed by atoms with van der Waals surface area (Å²) in [4.78, 5) is 4.14. The fourth-order valence-electron chi connectivity index (χ4n) is 1.91. The molecule has 0 fully saturated rings. The summed E-state index contributed by atoms with van der Waals surface area (Å²) < 4.78 is 25.7. The Hall–Kier alpha value is -2.12.